The Kier molecular flexibility index (Phi) is 5.18. The molecule has 2 N–H and O–H groups in total. The standard InChI is InChI=1S/C18H21NO5/c1-10-12(6-8-14(16(10)21)19-11(2)20)13-7-9-15(22-3)18(24-5)17(13)23-4/h6-9,21H,1-5H3,(H,19,20). The maximum Gasteiger partial charge on any atom is 0.221 e. The number of ether oxygens (including phenoxy) is 3. The zero-order valence-electron chi connectivity index (χ0n) is 14.4. The van der Waals surface area contributed by atoms with Gasteiger partial charge in [-0.1, -0.05) is 6.07 Å². The molecule has 0 aromatic heterocycles. The van der Waals surface area contributed by atoms with Crippen LogP contribution in [0.15, 0.2) is 24.3 Å². The number of methoxy groups -OCH3 is 3. The van der Waals surface area contributed by atoms with Crippen molar-refractivity contribution in [1.82, 2.24) is 0 Å². The molecular formula is C18H21NO5. The molecule has 0 radical (unpaired) electrons. The van der Waals surface area contributed by atoms with E-state index in [4.69, 9.17) is 14.2 Å². The molecule has 1 amide bonds. The Balaban J connectivity index is 2.64. The fourth-order valence-corrected chi connectivity index (χ4v) is 2.60. The molecule has 0 bridgehead atoms. The third kappa shape index (κ3) is 3.08. The number of hydrogen-bond donors (Lipinski definition) is 2. The Morgan fingerprint density at radius 2 is 1.58 bits per heavy atom. The van der Waals surface area contributed by atoms with E-state index in [1.165, 1.54) is 14.0 Å². The van der Waals surface area contributed by atoms with Crippen molar-refractivity contribution in [3.8, 4) is 34.1 Å². The summed E-state index contributed by atoms with van der Waals surface area (Å²) in [6.45, 7) is 3.16. The number of aromatic hydroxyl groups is 1. The van der Waals surface area contributed by atoms with Gasteiger partial charge < -0.3 is 24.6 Å². The molecule has 24 heavy (non-hydrogen) atoms. The van der Waals surface area contributed by atoms with Crippen molar-refractivity contribution in [2.75, 3.05) is 26.6 Å². The number of hydrogen-bond acceptors (Lipinski definition) is 5. The Morgan fingerprint density at radius 3 is 2.12 bits per heavy atom. The summed E-state index contributed by atoms with van der Waals surface area (Å²) in [5.74, 6) is 1.30. The number of carbonyl (C=O) groups is 1. The van der Waals surface area contributed by atoms with E-state index in [1.54, 1.807) is 33.3 Å². The van der Waals surface area contributed by atoms with Crippen LogP contribution in [0.5, 0.6) is 23.0 Å². The molecule has 0 aliphatic rings. The number of benzene rings is 2. The highest BCUT2D eigenvalue weighted by atomic mass is 16.5. The van der Waals surface area contributed by atoms with Gasteiger partial charge in [0.25, 0.3) is 0 Å². The normalized spacial score (nSPS) is 10.2. The summed E-state index contributed by atoms with van der Waals surface area (Å²) in [6.07, 6.45) is 0. The van der Waals surface area contributed by atoms with E-state index in [-0.39, 0.29) is 11.7 Å². The fraction of sp³-hybridized carbons (Fsp3) is 0.278. The van der Waals surface area contributed by atoms with Gasteiger partial charge in [0.1, 0.15) is 5.75 Å². The Bertz CT molecular complexity index is 770. The van der Waals surface area contributed by atoms with Crippen LogP contribution in [-0.4, -0.2) is 32.3 Å². The second-order valence-electron chi connectivity index (χ2n) is 5.20. The smallest absolute Gasteiger partial charge is 0.221 e. The number of amides is 1. The van der Waals surface area contributed by atoms with Gasteiger partial charge in [0.05, 0.1) is 27.0 Å². The van der Waals surface area contributed by atoms with Crippen LogP contribution in [-0.2, 0) is 4.79 Å². The lowest BCUT2D eigenvalue weighted by Crippen LogP contribution is -2.06. The van der Waals surface area contributed by atoms with Crippen molar-refractivity contribution >= 4 is 11.6 Å². The second kappa shape index (κ2) is 7.12. The fourth-order valence-electron chi connectivity index (χ4n) is 2.60. The average Bonchev–Trinajstić information content (AvgIpc) is 2.57. The highest BCUT2D eigenvalue weighted by Crippen LogP contribution is 2.46. The van der Waals surface area contributed by atoms with Crippen molar-refractivity contribution < 1.29 is 24.1 Å². The van der Waals surface area contributed by atoms with Crippen molar-refractivity contribution in [2.24, 2.45) is 0 Å². The van der Waals surface area contributed by atoms with Gasteiger partial charge in [-0.3, -0.25) is 4.79 Å². The summed E-state index contributed by atoms with van der Waals surface area (Å²) in [5, 5.41) is 13.0. The van der Waals surface area contributed by atoms with Gasteiger partial charge in [0, 0.05) is 18.1 Å². The molecule has 0 saturated heterocycles. The molecule has 6 nitrogen and oxygen atoms in total. The summed E-state index contributed by atoms with van der Waals surface area (Å²) < 4.78 is 16.2. The van der Waals surface area contributed by atoms with E-state index < -0.39 is 0 Å². The van der Waals surface area contributed by atoms with E-state index in [0.717, 1.165) is 11.1 Å². The maximum atomic E-state index is 11.2. The third-order valence-electron chi connectivity index (χ3n) is 3.74. The summed E-state index contributed by atoms with van der Waals surface area (Å²) in [4.78, 5) is 11.2. The lowest BCUT2D eigenvalue weighted by atomic mass is 9.97. The minimum Gasteiger partial charge on any atom is -0.505 e. The molecule has 0 atom stereocenters. The Labute approximate surface area is 141 Å². The first-order chi connectivity index (χ1) is 11.4. The summed E-state index contributed by atoms with van der Waals surface area (Å²) in [5.41, 5.74) is 2.49. The monoisotopic (exact) mass is 331 g/mol. The van der Waals surface area contributed by atoms with Crippen LogP contribution in [0.2, 0.25) is 0 Å². The molecule has 2 aromatic carbocycles. The van der Waals surface area contributed by atoms with Crippen molar-refractivity contribution in [3.05, 3.63) is 29.8 Å². The van der Waals surface area contributed by atoms with Crippen LogP contribution < -0.4 is 19.5 Å². The van der Waals surface area contributed by atoms with Gasteiger partial charge in [-0.25, -0.2) is 0 Å². The van der Waals surface area contributed by atoms with Gasteiger partial charge in [0.2, 0.25) is 11.7 Å². The first kappa shape index (κ1) is 17.5. The highest BCUT2D eigenvalue weighted by Gasteiger charge is 2.20. The third-order valence-corrected chi connectivity index (χ3v) is 3.74. The van der Waals surface area contributed by atoms with Crippen molar-refractivity contribution in [2.45, 2.75) is 13.8 Å². The lowest BCUT2D eigenvalue weighted by molar-refractivity contribution is -0.114. The molecular weight excluding hydrogens is 310 g/mol. The topological polar surface area (TPSA) is 77.0 Å². The van der Waals surface area contributed by atoms with Gasteiger partial charge in [-0.05, 0) is 30.7 Å². The van der Waals surface area contributed by atoms with Gasteiger partial charge >= 0.3 is 0 Å². The minimum absolute atomic E-state index is 0.0135. The van der Waals surface area contributed by atoms with Crippen LogP contribution in [0.25, 0.3) is 11.1 Å². The number of rotatable bonds is 5. The molecule has 0 aliphatic carbocycles. The zero-order chi connectivity index (χ0) is 17.9. The molecule has 128 valence electrons. The van der Waals surface area contributed by atoms with E-state index in [1.807, 2.05) is 12.1 Å². The van der Waals surface area contributed by atoms with Crippen molar-refractivity contribution in [3.63, 3.8) is 0 Å². The van der Waals surface area contributed by atoms with E-state index in [9.17, 15) is 9.90 Å². The molecule has 0 fully saturated rings. The van der Waals surface area contributed by atoms with Gasteiger partial charge in [-0.2, -0.15) is 0 Å². The molecule has 0 saturated carbocycles. The molecule has 6 heteroatoms. The summed E-state index contributed by atoms with van der Waals surface area (Å²) >= 11 is 0. The zero-order valence-corrected chi connectivity index (χ0v) is 14.4. The van der Waals surface area contributed by atoms with E-state index >= 15 is 0 Å². The number of phenolic OH excluding ortho intramolecular Hbond substituents is 1. The van der Waals surface area contributed by atoms with Crippen LogP contribution in [0.3, 0.4) is 0 Å². The predicted molar refractivity (Wildman–Crippen MR) is 92.2 cm³/mol. The van der Waals surface area contributed by atoms with Crippen LogP contribution in [0, 0.1) is 6.92 Å². The first-order valence-corrected chi connectivity index (χ1v) is 7.34. The molecule has 2 rings (SSSR count). The predicted octanol–water partition coefficient (Wildman–Crippen LogP) is 3.35. The quantitative estimate of drug-likeness (QED) is 0.822. The summed E-state index contributed by atoms with van der Waals surface area (Å²) in [6, 6.07) is 7.06. The molecule has 0 unspecified atom stereocenters. The lowest BCUT2D eigenvalue weighted by Gasteiger charge is -2.18. The Morgan fingerprint density at radius 1 is 0.958 bits per heavy atom. The van der Waals surface area contributed by atoms with E-state index in [2.05, 4.69) is 5.32 Å². The van der Waals surface area contributed by atoms with Gasteiger partial charge in [0.15, 0.2) is 11.5 Å². The highest BCUT2D eigenvalue weighted by molar-refractivity contribution is 5.92. The summed E-state index contributed by atoms with van der Waals surface area (Å²) in [7, 11) is 4.63. The van der Waals surface area contributed by atoms with Gasteiger partial charge in [-0.15, -0.1) is 0 Å². The molecule has 2 aromatic rings. The number of nitrogens with one attached hydrogen (secondary N) is 1. The van der Waals surface area contributed by atoms with Crippen molar-refractivity contribution in [1.29, 1.82) is 0 Å². The second-order valence-corrected chi connectivity index (χ2v) is 5.20. The van der Waals surface area contributed by atoms with Crippen LogP contribution in [0.1, 0.15) is 12.5 Å². The minimum atomic E-state index is -0.249. The average molecular weight is 331 g/mol. The SMILES string of the molecule is COc1ccc(-c2ccc(NC(C)=O)c(O)c2C)c(OC)c1OC. The molecule has 0 heterocycles. The molecule has 0 spiro atoms. The van der Waals surface area contributed by atoms with Crippen LogP contribution >= 0.6 is 0 Å². The number of anilines is 1. The number of carbonyl (C=O) groups excluding carboxylic acids is 1. The molecule has 0 aliphatic heterocycles. The van der Waals surface area contributed by atoms with E-state index in [0.29, 0.717) is 28.5 Å². The largest absolute Gasteiger partial charge is 0.505 e. The Hall–Kier alpha value is -2.89. The maximum absolute atomic E-state index is 11.2. The first-order valence-electron chi connectivity index (χ1n) is 7.34. The number of phenols is 1. The van der Waals surface area contributed by atoms with Crippen LogP contribution in [0.4, 0.5) is 5.69 Å².